The maximum absolute atomic E-state index is 8.54. The lowest BCUT2D eigenvalue weighted by atomic mass is 10.2. The van der Waals surface area contributed by atoms with Gasteiger partial charge in [0.05, 0.1) is 19.8 Å². The van der Waals surface area contributed by atoms with Crippen molar-refractivity contribution in [3.05, 3.63) is 23.8 Å². The quantitative estimate of drug-likeness (QED) is 0.695. The third-order valence-electron chi connectivity index (χ3n) is 2.59. The Hall–Kier alpha value is -1.30. The molecule has 0 saturated carbocycles. The number of nitrogens with one attached hydrogen (secondary N) is 1. The summed E-state index contributed by atoms with van der Waals surface area (Å²) in [6.45, 7) is 3.82. The van der Waals surface area contributed by atoms with E-state index < -0.39 is 0 Å². The lowest BCUT2D eigenvalue weighted by molar-refractivity contribution is 0.0938. The van der Waals surface area contributed by atoms with Gasteiger partial charge in [0, 0.05) is 13.1 Å². The molecule has 0 bridgehead atoms. The molecule has 1 heterocycles. The van der Waals surface area contributed by atoms with E-state index in [2.05, 4.69) is 5.32 Å². The summed E-state index contributed by atoms with van der Waals surface area (Å²) in [5.74, 6) is 1.63. The molecule has 0 aromatic heterocycles. The van der Waals surface area contributed by atoms with Crippen molar-refractivity contribution in [2.75, 3.05) is 39.6 Å². The SMILES string of the molecule is OCCOCCNCc1ccc2c(c1)OCCO2. The molecule has 5 heteroatoms. The Labute approximate surface area is 107 Å². The highest BCUT2D eigenvalue weighted by Gasteiger charge is 2.11. The number of fused-ring (bicyclic) bond motifs is 1. The monoisotopic (exact) mass is 253 g/mol. The second-order valence-corrected chi connectivity index (χ2v) is 3.99. The van der Waals surface area contributed by atoms with Crippen molar-refractivity contribution >= 4 is 0 Å². The molecule has 0 atom stereocenters. The second kappa shape index (κ2) is 7.20. The van der Waals surface area contributed by atoms with Gasteiger partial charge in [-0.15, -0.1) is 0 Å². The molecule has 0 fully saturated rings. The van der Waals surface area contributed by atoms with Crippen molar-refractivity contribution in [3.63, 3.8) is 0 Å². The summed E-state index contributed by atoms with van der Waals surface area (Å²) in [6, 6.07) is 5.96. The molecular weight excluding hydrogens is 234 g/mol. The van der Waals surface area contributed by atoms with Crippen molar-refractivity contribution in [2.24, 2.45) is 0 Å². The summed E-state index contributed by atoms with van der Waals surface area (Å²) >= 11 is 0. The molecule has 0 aliphatic carbocycles. The first kappa shape index (κ1) is 13.1. The van der Waals surface area contributed by atoms with Crippen LogP contribution in [-0.4, -0.2) is 44.7 Å². The number of rotatable bonds is 7. The van der Waals surface area contributed by atoms with Crippen LogP contribution in [0.1, 0.15) is 5.56 Å². The van der Waals surface area contributed by atoms with E-state index in [9.17, 15) is 0 Å². The van der Waals surface area contributed by atoms with Gasteiger partial charge in [0.15, 0.2) is 11.5 Å². The van der Waals surface area contributed by atoms with Crippen molar-refractivity contribution in [1.29, 1.82) is 0 Å². The number of aliphatic hydroxyl groups excluding tert-OH is 1. The minimum Gasteiger partial charge on any atom is -0.486 e. The fourth-order valence-electron chi connectivity index (χ4n) is 1.74. The zero-order chi connectivity index (χ0) is 12.6. The van der Waals surface area contributed by atoms with Crippen molar-refractivity contribution < 1.29 is 19.3 Å². The second-order valence-electron chi connectivity index (χ2n) is 3.99. The van der Waals surface area contributed by atoms with Gasteiger partial charge in [-0.25, -0.2) is 0 Å². The molecule has 2 rings (SSSR count). The van der Waals surface area contributed by atoms with Gasteiger partial charge in [0.1, 0.15) is 13.2 Å². The maximum Gasteiger partial charge on any atom is 0.161 e. The Morgan fingerprint density at radius 1 is 1.17 bits per heavy atom. The van der Waals surface area contributed by atoms with Crippen LogP contribution in [0.15, 0.2) is 18.2 Å². The van der Waals surface area contributed by atoms with Gasteiger partial charge in [-0.3, -0.25) is 0 Å². The normalized spacial score (nSPS) is 13.6. The highest BCUT2D eigenvalue weighted by molar-refractivity contribution is 5.43. The van der Waals surface area contributed by atoms with Crippen LogP contribution in [0.25, 0.3) is 0 Å². The van der Waals surface area contributed by atoms with Crippen LogP contribution in [0.4, 0.5) is 0 Å². The third kappa shape index (κ3) is 3.87. The molecular formula is C13H19NO4. The van der Waals surface area contributed by atoms with Crippen LogP contribution in [0.3, 0.4) is 0 Å². The Kier molecular flexibility index (Phi) is 5.26. The zero-order valence-electron chi connectivity index (χ0n) is 10.4. The van der Waals surface area contributed by atoms with Crippen LogP contribution in [0.2, 0.25) is 0 Å². The number of aliphatic hydroxyl groups is 1. The van der Waals surface area contributed by atoms with Gasteiger partial charge in [-0.2, -0.15) is 0 Å². The van der Waals surface area contributed by atoms with E-state index in [1.165, 1.54) is 0 Å². The minimum absolute atomic E-state index is 0.0716. The van der Waals surface area contributed by atoms with Crippen molar-refractivity contribution in [1.82, 2.24) is 5.32 Å². The van der Waals surface area contributed by atoms with Gasteiger partial charge in [-0.05, 0) is 17.7 Å². The van der Waals surface area contributed by atoms with E-state index in [0.717, 1.165) is 30.2 Å². The Morgan fingerprint density at radius 3 is 2.83 bits per heavy atom. The number of benzene rings is 1. The molecule has 1 aliphatic rings. The van der Waals surface area contributed by atoms with Gasteiger partial charge in [-0.1, -0.05) is 6.07 Å². The molecule has 5 nitrogen and oxygen atoms in total. The smallest absolute Gasteiger partial charge is 0.161 e. The topological polar surface area (TPSA) is 60.0 Å². The number of ether oxygens (including phenoxy) is 3. The Morgan fingerprint density at radius 2 is 2.00 bits per heavy atom. The van der Waals surface area contributed by atoms with Crippen molar-refractivity contribution in [2.45, 2.75) is 6.54 Å². The zero-order valence-corrected chi connectivity index (χ0v) is 10.4. The summed E-state index contributed by atoms with van der Waals surface area (Å²) in [7, 11) is 0. The average Bonchev–Trinajstić information content (AvgIpc) is 2.42. The first-order valence-electron chi connectivity index (χ1n) is 6.18. The average molecular weight is 253 g/mol. The Bertz CT molecular complexity index is 370. The molecule has 1 aromatic carbocycles. The van der Waals surface area contributed by atoms with E-state index in [1.54, 1.807) is 0 Å². The number of hydrogen-bond donors (Lipinski definition) is 2. The minimum atomic E-state index is 0.0716. The van der Waals surface area contributed by atoms with Crippen LogP contribution in [0, 0.1) is 0 Å². The van der Waals surface area contributed by atoms with Crippen molar-refractivity contribution in [3.8, 4) is 11.5 Å². The predicted molar refractivity (Wildman–Crippen MR) is 67.0 cm³/mol. The van der Waals surface area contributed by atoms with Crippen LogP contribution >= 0.6 is 0 Å². The molecule has 0 radical (unpaired) electrons. The first-order valence-corrected chi connectivity index (χ1v) is 6.18. The molecule has 0 spiro atoms. The lowest BCUT2D eigenvalue weighted by Crippen LogP contribution is -2.20. The molecule has 1 aromatic rings. The summed E-state index contributed by atoms with van der Waals surface area (Å²) in [4.78, 5) is 0. The molecule has 2 N–H and O–H groups in total. The fraction of sp³-hybridized carbons (Fsp3) is 0.538. The first-order chi connectivity index (χ1) is 8.90. The van der Waals surface area contributed by atoms with E-state index >= 15 is 0 Å². The summed E-state index contributed by atoms with van der Waals surface area (Å²) in [5, 5.41) is 11.8. The van der Waals surface area contributed by atoms with E-state index in [4.69, 9.17) is 19.3 Å². The molecule has 1 aliphatic heterocycles. The van der Waals surface area contributed by atoms with E-state index in [1.807, 2.05) is 18.2 Å². The fourth-order valence-corrected chi connectivity index (χ4v) is 1.74. The van der Waals surface area contributed by atoms with Crippen LogP contribution in [0.5, 0.6) is 11.5 Å². The third-order valence-corrected chi connectivity index (χ3v) is 2.59. The molecule has 0 amide bonds. The van der Waals surface area contributed by atoms with Gasteiger partial charge < -0.3 is 24.6 Å². The predicted octanol–water partition coefficient (Wildman–Crippen LogP) is 0.556. The standard InChI is InChI=1S/C13H19NO4/c15-4-6-16-5-3-14-10-11-1-2-12-13(9-11)18-8-7-17-12/h1-2,9,14-15H,3-8,10H2. The molecule has 0 unspecified atom stereocenters. The molecule has 100 valence electrons. The maximum atomic E-state index is 8.54. The summed E-state index contributed by atoms with van der Waals surface area (Å²) in [6.07, 6.45) is 0. The van der Waals surface area contributed by atoms with Crippen LogP contribution in [-0.2, 0) is 11.3 Å². The highest BCUT2D eigenvalue weighted by Crippen LogP contribution is 2.30. The lowest BCUT2D eigenvalue weighted by Gasteiger charge is -2.19. The molecule has 0 saturated heterocycles. The van der Waals surface area contributed by atoms with Crippen LogP contribution < -0.4 is 14.8 Å². The highest BCUT2D eigenvalue weighted by atomic mass is 16.6. The van der Waals surface area contributed by atoms with Gasteiger partial charge in [0.2, 0.25) is 0 Å². The molecule has 18 heavy (non-hydrogen) atoms. The van der Waals surface area contributed by atoms with E-state index in [-0.39, 0.29) is 6.61 Å². The van der Waals surface area contributed by atoms with Gasteiger partial charge >= 0.3 is 0 Å². The largest absolute Gasteiger partial charge is 0.486 e. The van der Waals surface area contributed by atoms with E-state index in [0.29, 0.717) is 26.4 Å². The Balaban J connectivity index is 1.72. The summed E-state index contributed by atoms with van der Waals surface area (Å²) < 4.78 is 16.1. The number of hydrogen-bond acceptors (Lipinski definition) is 5. The summed E-state index contributed by atoms with van der Waals surface area (Å²) in [5.41, 5.74) is 1.15. The van der Waals surface area contributed by atoms with Gasteiger partial charge in [0.25, 0.3) is 0 Å².